The smallest absolute Gasteiger partial charge is 0.355 e. The second kappa shape index (κ2) is 6.95. The highest BCUT2D eigenvalue weighted by Crippen LogP contribution is 2.38. The fraction of sp³-hybridized carbons (Fsp3) is 0.476. The van der Waals surface area contributed by atoms with Gasteiger partial charge in [-0.3, -0.25) is 4.98 Å². The molecular weight excluding hydrogens is 326 g/mol. The Hall–Kier alpha value is -2.61. The van der Waals surface area contributed by atoms with Crippen molar-refractivity contribution in [1.29, 1.82) is 5.26 Å². The number of rotatable bonds is 3. The van der Waals surface area contributed by atoms with Crippen LogP contribution < -0.4 is 0 Å². The van der Waals surface area contributed by atoms with Gasteiger partial charge < -0.3 is 9.72 Å². The summed E-state index contributed by atoms with van der Waals surface area (Å²) in [7, 11) is 0. The molecule has 0 saturated heterocycles. The van der Waals surface area contributed by atoms with Gasteiger partial charge in [-0.15, -0.1) is 0 Å². The molecule has 3 rings (SSSR count). The van der Waals surface area contributed by atoms with Gasteiger partial charge in [-0.25, -0.2) is 4.79 Å². The summed E-state index contributed by atoms with van der Waals surface area (Å²) in [5, 5.41) is 8.88. The second-order valence-corrected chi connectivity index (χ2v) is 7.89. The number of esters is 1. The van der Waals surface area contributed by atoms with Crippen LogP contribution in [0.1, 0.15) is 61.4 Å². The maximum atomic E-state index is 12.3. The van der Waals surface area contributed by atoms with Crippen molar-refractivity contribution < 1.29 is 9.53 Å². The van der Waals surface area contributed by atoms with E-state index < -0.39 is 5.97 Å². The Morgan fingerprint density at radius 3 is 2.92 bits per heavy atom. The molecule has 0 aliphatic heterocycles. The highest BCUT2D eigenvalue weighted by atomic mass is 16.5. The van der Waals surface area contributed by atoms with Crippen LogP contribution in [0.5, 0.6) is 0 Å². The zero-order chi connectivity index (χ0) is 18.9. The summed E-state index contributed by atoms with van der Waals surface area (Å²) < 4.78 is 5.15. The molecule has 0 aromatic carbocycles. The number of nitrogens with one attached hydrogen (secondary N) is 1. The molecule has 1 aliphatic rings. The van der Waals surface area contributed by atoms with Crippen LogP contribution in [0.3, 0.4) is 0 Å². The molecule has 2 aromatic rings. The van der Waals surface area contributed by atoms with E-state index in [9.17, 15) is 4.79 Å². The van der Waals surface area contributed by atoms with Crippen LogP contribution >= 0.6 is 0 Å². The third-order valence-corrected chi connectivity index (χ3v) is 5.20. The number of nitrogens with zero attached hydrogens (tertiary/aromatic N) is 2. The van der Waals surface area contributed by atoms with Crippen molar-refractivity contribution >= 4 is 23.1 Å². The van der Waals surface area contributed by atoms with E-state index in [1.165, 1.54) is 11.6 Å². The lowest BCUT2D eigenvalue weighted by molar-refractivity contribution is 0.0520. The van der Waals surface area contributed by atoms with Crippen molar-refractivity contribution in [2.24, 2.45) is 11.3 Å². The van der Waals surface area contributed by atoms with Crippen LogP contribution in [0.25, 0.3) is 17.1 Å². The first kappa shape index (κ1) is 18.2. The number of nitriles is 1. The summed E-state index contributed by atoms with van der Waals surface area (Å²) in [4.78, 5) is 20.3. The number of carbonyl (C=O) groups is 1. The number of H-pyrrole nitrogens is 1. The fourth-order valence-electron chi connectivity index (χ4n) is 3.67. The summed E-state index contributed by atoms with van der Waals surface area (Å²) in [6.07, 6.45) is 6.05. The molecule has 0 saturated carbocycles. The second-order valence-electron chi connectivity index (χ2n) is 7.89. The predicted octanol–water partition coefficient (Wildman–Crippen LogP) is 4.43. The molecule has 0 fully saturated rings. The van der Waals surface area contributed by atoms with Crippen molar-refractivity contribution in [3.63, 3.8) is 0 Å². The average molecular weight is 351 g/mol. The zero-order valence-electron chi connectivity index (χ0n) is 15.8. The lowest BCUT2D eigenvalue weighted by atomic mass is 9.71. The number of aryl methyl sites for hydroxylation is 1. The van der Waals surface area contributed by atoms with Crippen LogP contribution in [-0.4, -0.2) is 22.5 Å². The molecule has 5 heteroatoms. The Kier molecular flexibility index (Phi) is 4.86. The quantitative estimate of drug-likeness (QED) is 0.655. The van der Waals surface area contributed by atoms with Gasteiger partial charge in [0.05, 0.1) is 23.7 Å². The lowest BCUT2D eigenvalue weighted by Gasteiger charge is -2.34. The molecule has 0 radical (unpaired) electrons. The SMILES string of the molecule is CCOC(=O)c1[nH]c2cc3c(nc2c1C=CC#N)CCC(C(C)(C)C)C3. The van der Waals surface area contributed by atoms with Crippen molar-refractivity contribution in [1.82, 2.24) is 9.97 Å². The van der Waals surface area contributed by atoms with Gasteiger partial charge in [-0.05, 0) is 55.2 Å². The van der Waals surface area contributed by atoms with E-state index >= 15 is 0 Å². The Balaban J connectivity index is 2.11. The Morgan fingerprint density at radius 2 is 2.27 bits per heavy atom. The minimum atomic E-state index is -0.423. The first-order chi connectivity index (χ1) is 12.3. The zero-order valence-corrected chi connectivity index (χ0v) is 15.8. The molecule has 2 aromatic heterocycles. The van der Waals surface area contributed by atoms with Gasteiger partial charge in [0.15, 0.2) is 0 Å². The number of fused-ring (bicyclic) bond motifs is 2. The minimum Gasteiger partial charge on any atom is -0.461 e. The normalized spacial score (nSPS) is 17.3. The molecule has 0 spiro atoms. The first-order valence-corrected chi connectivity index (χ1v) is 9.13. The first-order valence-electron chi connectivity index (χ1n) is 9.13. The third kappa shape index (κ3) is 3.37. The van der Waals surface area contributed by atoms with Crippen LogP contribution in [0.15, 0.2) is 12.1 Å². The largest absolute Gasteiger partial charge is 0.461 e. The van der Waals surface area contributed by atoms with Gasteiger partial charge in [0, 0.05) is 17.3 Å². The average Bonchev–Trinajstić information content (AvgIpc) is 2.94. The number of pyridine rings is 1. The minimum absolute atomic E-state index is 0.263. The van der Waals surface area contributed by atoms with E-state index in [2.05, 4.69) is 31.8 Å². The van der Waals surface area contributed by atoms with Crippen LogP contribution in [0.2, 0.25) is 0 Å². The fourth-order valence-corrected chi connectivity index (χ4v) is 3.67. The van der Waals surface area contributed by atoms with Crippen LogP contribution in [0, 0.1) is 22.7 Å². The Bertz CT molecular complexity index is 910. The number of aromatic nitrogens is 2. The number of hydrogen-bond acceptors (Lipinski definition) is 4. The molecule has 0 amide bonds. The third-order valence-electron chi connectivity index (χ3n) is 5.20. The molecular formula is C21H25N3O2. The summed E-state index contributed by atoms with van der Waals surface area (Å²) in [5.74, 6) is 0.195. The molecule has 26 heavy (non-hydrogen) atoms. The Labute approximate surface area is 154 Å². The summed E-state index contributed by atoms with van der Waals surface area (Å²) >= 11 is 0. The van der Waals surface area contributed by atoms with Gasteiger partial charge in [-0.2, -0.15) is 5.26 Å². The summed E-state index contributed by atoms with van der Waals surface area (Å²) in [6, 6.07) is 4.09. The molecule has 1 unspecified atom stereocenters. The van der Waals surface area contributed by atoms with Gasteiger partial charge in [0.25, 0.3) is 0 Å². The molecule has 1 N–H and O–H groups in total. The molecule has 1 atom stereocenters. The summed E-state index contributed by atoms with van der Waals surface area (Å²) in [5.41, 5.74) is 5.14. The monoisotopic (exact) mass is 351 g/mol. The molecule has 2 heterocycles. The van der Waals surface area contributed by atoms with E-state index in [4.69, 9.17) is 15.0 Å². The predicted molar refractivity (Wildman–Crippen MR) is 102 cm³/mol. The van der Waals surface area contributed by atoms with Gasteiger partial charge >= 0.3 is 5.97 Å². The van der Waals surface area contributed by atoms with Crippen LogP contribution in [-0.2, 0) is 17.6 Å². The molecule has 1 aliphatic carbocycles. The number of hydrogen-bond donors (Lipinski definition) is 1. The number of allylic oxidation sites excluding steroid dienone is 1. The van der Waals surface area contributed by atoms with E-state index in [0.29, 0.717) is 23.8 Å². The standard InChI is InChI=1S/C21H25N3O2/c1-5-26-20(25)19-15(7-6-10-22)18-17(24-19)12-13-11-14(21(2,3)4)8-9-16(13)23-18/h6-7,12,14,24H,5,8-9,11H2,1-4H3. The van der Waals surface area contributed by atoms with Crippen molar-refractivity contribution in [3.8, 4) is 6.07 Å². The van der Waals surface area contributed by atoms with Gasteiger partial charge in [-0.1, -0.05) is 20.8 Å². The maximum Gasteiger partial charge on any atom is 0.355 e. The topological polar surface area (TPSA) is 78.8 Å². The molecule has 5 nitrogen and oxygen atoms in total. The van der Waals surface area contributed by atoms with Crippen molar-refractivity contribution in [3.05, 3.63) is 34.7 Å². The van der Waals surface area contributed by atoms with E-state index in [0.717, 1.165) is 36.0 Å². The lowest BCUT2D eigenvalue weighted by Crippen LogP contribution is -2.27. The summed E-state index contributed by atoms with van der Waals surface area (Å²) in [6.45, 7) is 8.93. The van der Waals surface area contributed by atoms with Gasteiger partial charge in [0.2, 0.25) is 0 Å². The highest BCUT2D eigenvalue weighted by molar-refractivity contribution is 6.01. The van der Waals surface area contributed by atoms with E-state index in [1.807, 2.05) is 6.07 Å². The maximum absolute atomic E-state index is 12.3. The van der Waals surface area contributed by atoms with E-state index in [1.54, 1.807) is 13.0 Å². The molecule has 0 bridgehead atoms. The molecule has 136 valence electrons. The number of carbonyl (C=O) groups excluding carboxylic acids is 1. The van der Waals surface area contributed by atoms with E-state index in [-0.39, 0.29) is 5.41 Å². The van der Waals surface area contributed by atoms with Crippen molar-refractivity contribution in [2.75, 3.05) is 6.61 Å². The number of ether oxygens (including phenoxy) is 1. The Morgan fingerprint density at radius 1 is 1.50 bits per heavy atom. The number of aromatic amines is 1. The van der Waals surface area contributed by atoms with Crippen LogP contribution in [0.4, 0.5) is 0 Å². The van der Waals surface area contributed by atoms with Crippen molar-refractivity contribution in [2.45, 2.75) is 47.0 Å². The highest BCUT2D eigenvalue weighted by Gasteiger charge is 2.30. The van der Waals surface area contributed by atoms with Gasteiger partial charge in [0.1, 0.15) is 5.69 Å².